The summed E-state index contributed by atoms with van der Waals surface area (Å²) in [6.07, 6.45) is 4.35. The van der Waals surface area contributed by atoms with E-state index in [1.807, 2.05) is 19.9 Å². The predicted octanol–water partition coefficient (Wildman–Crippen LogP) is 2.76. The standard InChI is InChI=1S/C15H23NO3S/c1-3-18-14(19-4-2)10-16-15(17)13-9-11-7-5-6-8-12(11)20-13/h9,14H,3-8,10H2,1-2H3,(H,16,17). The molecule has 1 aliphatic rings. The van der Waals surface area contributed by atoms with E-state index in [1.54, 1.807) is 11.3 Å². The van der Waals surface area contributed by atoms with E-state index in [0.717, 1.165) is 17.7 Å². The van der Waals surface area contributed by atoms with Gasteiger partial charge in [-0.3, -0.25) is 4.79 Å². The lowest BCUT2D eigenvalue weighted by molar-refractivity contribution is -0.131. The first kappa shape index (κ1) is 15.5. The maximum Gasteiger partial charge on any atom is 0.261 e. The van der Waals surface area contributed by atoms with E-state index in [0.29, 0.717) is 19.8 Å². The smallest absolute Gasteiger partial charge is 0.261 e. The van der Waals surface area contributed by atoms with E-state index in [-0.39, 0.29) is 12.2 Å². The van der Waals surface area contributed by atoms with Crippen molar-refractivity contribution in [2.24, 2.45) is 0 Å². The summed E-state index contributed by atoms with van der Waals surface area (Å²) in [6, 6.07) is 2.05. The first-order chi connectivity index (χ1) is 9.74. The zero-order valence-corrected chi connectivity index (χ0v) is 13.1. The molecule has 20 heavy (non-hydrogen) atoms. The van der Waals surface area contributed by atoms with Crippen molar-refractivity contribution in [2.45, 2.75) is 45.8 Å². The van der Waals surface area contributed by atoms with Crippen LogP contribution in [0.4, 0.5) is 0 Å². The Kier molecular flexibility index (Phi) is 6.01. The van der Waals surface area contributed by atoms with Gasteiger partial charge in [-0.1, -0.05) is 0 Å². The molecule has 1 aliphatic carbocycles. The number of thiophene rings is 1. The van der Waals surface area contributed by atoms with Gasteiger partial charge in [-0.2, -0.15) is 0 Å². The van der Waals surface area contributed by atoms with Gasteiger partial charge in [0.15, 0.2) is 6.29 Å². The van der Waals surface area contributed by atoms with Crippen molar-refractivity contribution in [3.05, 3.63) is 21.4 Å². The van der Waals surface area contributed by atoms with Crippen LogP contribution in [0.25, 0.3) is 0 Å². The number of carbonyl (C=O) groups excluding carboxylic acids is 1. The number of aryl methyl sites for hydroxylation is 2. The van der Waals surface area contributed by atoms with Gasteiger partial charge in [0, 0.05) is 18.1 Å². The van der Waals surface area contributed by atoms with Gasteiger partial charge in [0.2, 0.25) is 0 Å². The van der Waals surface area contributed by atoms with Gasteiger partial charge in [-0.15, -0.1) is 11.3 Å². The first-order valence-electron chi connectivity index (χ1n) is 7.37. The third-order valence-corrected chi connectivity index (χ3v) is 4.59. The summed E-state index contributed by atoms with van der Waals surface area (Å²) in [4.78, 5) is 14.4. The largest absolute Gasteiger partial charge is 0.351 e. The van der Waals surface area contributed by atoms with Crippen LogP contribution in [0.1, 0.15) is 46.8 Å². The van der Waals surface area contributed by atoms with E-state index < -0.39 is 0 Å². The summed E-state index contributed by atoms with van der Waals surface area (Å²) in [6.45, 7) is 5.38. The van der Waals surface area contributed by atoms with E-state index in [1.165, 1.54) is 23.3 Å². The molecule has 0 unspecified atom stereocenters. The molecule has 0 bridgehead atoms. The maximum atomic E-state index is 12.2. The molecule has 1 aromatic rings. The van der Waals surface area contributed by atoms with Gasteiger partial charge in [0.1, 0.15) is 0 Å². The Hall–Kier alpha value is -0.910. The third kappa shape index (κ3) is 4.04. The Morgan fingerprint density at radius 1 is 1.30 bits per heavy atom. The van der Waals surface area contributed by atoms with Crippen molar-refractivity contribution < 1.29 is 14.3 Å². The quantitative estimate of drug-likeness (QED) is 0.787. The molecule has 0 fully saturated rings. The summed E-state index contributed by atoms with van der Waals surface area (Å²) in [5.74, 6) is -0.0196. The Balaban J connectivity index is 1.89. The van der Waals surface area contributed by atoms with Gasteiger partial charge in [0.05, 0.1) is 11.4 Å². The molecule has 1 N–H and O–H groups in total. The number of rotatable bonds is 7. The molecule has 1 heterocycles. The predicted molar refractivity (Wildman–Crippen MR) is 80.3 cm³/mol. The van der Waals surface area contributed by atoms with Crippen molar-refractivity contribution in [1.82, 2.24) is 5.32 Å². The second kappa shape index (κ2) is 7.76. The SMILES string of the molecule is CCOC(CNC(=O)c1cc2c(s1)CCCC2)OCC. The van der Waals surface area contributed by atoms with E-state index in [9.17, 15) is 4.79 Å². The van der Waals surface area contributed by atoms with Crippen LogP contribution in [0.3, 0.4) is 0 Å². The minimum Gasteiger partial charge on any atom is -0.351 e. The molecule has 0 atom stereocenters. The van der Waals surface area contributed by atoms with Gasteiger partial charge in [0.25, 0.3) is 5.91 Å². The fourth-order valence-corrected chi connectivity index (χ4v) is 3.57. The zero-order valence-electron chi connectivity index (χ0n) is 12.2. The fourth-order valence-electron chi connectivity index (χ4n) is 2.40. The number of ether oxygens (including phenoxy) is 2. The molecule has 112 valence electrons. The summed E-state index contributed by atoms with van der Waals surface area (Å²) >= 11 is 1.63. The van der Waals surface area contributed by atoms with Gasteiger partial charge in [-0.25, -0.2) is 0 Å². The average molecular weight is 297 g/mol. The van der Waals surface area contributed by atoms with Gasteiger partial charge >= 0.3 is 0 Å². The number of nitrogens with one attached hydrogen (secondary N) is 1. The van der Waals surface area contributed by atoms with Crippen molar-refractivity contribution >= 4 is 17.2 Å². The van der Waals surface area contributed by atoms with Crippen LogP contribution >= 0.6 is 11.3 Å². The lowest BCUT2D eigenvalue weighted by atomic mass is 9.99. The van der Waals surface area contributed by atoms with Crippen LogP contribution in [0.15, 0.2) is 6.07 Å². The minimum absolute atomic E-state index is 0.0196. The molecule has 0 aromatic carbocycles. The molecule has 0 saturated carbocycles. The van der Waals surface area contributed by atoms with E-state index in [4.69, 9.17) is 9.47 Å². The van der Waals surface area contributed by atoms with Gasteiger partial charge < -0.3 is 14.8 Å². The van der Waals surface area contributed by atoms with Crippen LogP contribution in [0.5, 0.6) is 0 Å². The van der Waals surface area contributed by atoms with Crippen molar-refractivity contribution in [1.29, 1.82) is 0 Å². The highest BCUT2D eigenvalue weighted by Gasteiger charge is 2.18. The highest BCUT2D eigenvalue weighted by Crippen LogP contribution is 2.29. The van der Waals surface area contributed by atoms with Crippen LogP contribution < -0.4 is 5.32 Å². The molecule has 0 aliphatic heterocycles. The number of hydrogen-bond donors (Lipinski definition) is 1. The van der Waals surface area contributed by atoms with Crippen molar-refractivity contribution in [2.75, 3.05) is 19.8 Å². The monoisotopic (exact) mass is 297 g/mol. The molecule has 4 nitrogen and oxygen atoms in total. The number of hydrogen-bond acceptors (Lipinski definition) is 4. The fraction of sp³-hybridized carbons (Fsp3) is 0.667. The molecule has 0 spiro atoms. The minimum atomic E-state index is -0.358. The van der Waals surface area contributed by atoms with Gasteiger partial charge in [-0.05, 0) is 51.2 Å². The Labute approximate surface area is 124 Å². The molecule has 1 aromatic heterocycles. The zero-order chi connectivity index (χ0) is 14.4. The van der Waals surface area contributed by atoms with Crippen molar-refractivity contribution in [3.8, 4) is 0 Å². The topological polar surface area (TPSA) is 47.6 Å². The number of amides is 1. The summed E-state index contributed by atoms with van der Waals surface area (Å²) < 4.78 is 10.8. The third-order valence-electron chi connectivity index (χ3n) is 3.35. The summed E-state index contributed by atoms with van der Waals surface area (Å²) in [5.41, 5.74) is 1.36. The average Bonchev–Trinajstić information content (AvgIpc) is 2.89. The Morgan fingerprint density at radius 3 is 2.65 bits per heavy atom. The van der Waals surface area contributed by atoms with Crippen LogP contribution in [0, 0.1) is 0 Å². The van der Waals surface area contributed by atoms with E-state index >= 15 is 0 Å². The maximum absolute atomic E-state index is 12.2. The van der Waals surface area contributed by atoms with Crippen LogP contribution in [-0.4, -0.2) is 32.0 Å². The van der Waals surface area contributed by atoms with E-state index in [2.05, 4.69) is 5.32 Å². The lowest BCUT2D eigenvalue weighted by Gasteiger charge is -2.17. The number of carbonyl (C=O) groups is 1. The molecule has 0 saturated heterocycles. The second-order valence-corrected chi connectivity index (χ2v) is 5.95. The highest BCUT2D eigenvalue weighted by molar-refractivity contribution is 7.14. The highest BCUT2D eigenvalue weighted by atomic mass is 32.1. The molecule has 0 radical (unpaired) electrons. The number of fused-ring (bicyclic) bond motifs is 1. The molecule has 5 heteroatoms. The molecular formula is C15H23NO3S. The molecule has 1 amide bonds. The lowest BCUT2D eigenvalue weighted by Crippen LogP contribution is -2.35. The Morgan fingerprint density at radius 2 is 2.00 bits per heavy atom. The normalized spacial score (nSPS) is 14.3. The molecule has 2 rings (SSSR count). The summed E-state index contributed by atoms with van der Waals surface area (Å²) in [7, 11) is 0. The molecular weight excluding hydrogens is 274 g/mol. The first-order valence-corrected chi connectivity index (χ1v) is 8.19. The van der Waals surface area contributed by atoms with Crippen LogP contribution in [0.2, 0.25) is 0 Å². The summed E-state index contributed by atoms with van der Waals surface area (Å²) in [5, 5.41) is 2.90. The van der Waals surface area contributed by atoms with Crippen molar-refractivity contribution in [3.63, 3.8) is 0 Å². The van der Waals surface area contributed by atoms with Crippen LogP contribution in [-0.2, 0) is 22.3 Å². The Bertz CT molecular complexity index is 415. The second-order valence-electron chi connectivity index (χ2n) is 4.82.